The van der Waals surface area contributed by atoms with E-state index in [1.807, 2.05) is 38.1 Å². The summed E-state index contributed by atoms with van der Waals surface area (Å²) >= 11 is 0. The normalized spacial score (nSPS) is 16.0. The van der Waals surface area contributed by atoms with Gasteiger partial charge in [-0.25, -0.2) is 0 Å². The molecule has 1 aromatic rings. The van der Waals surface area contributed by atoms with Crippen LogP contribution in [0, 0.1) is 0 Å². The summed E-state index contributed by atoms with van der Waals surface area (Å²) in [6, 6.07) is 7.66. The van der Waals surface area contributed by atoms with Crippen molar-refractivity contribution in [1.82, 2.24) is 9.80 Å². The zero-order valence-electron chi connectivity index (χ0n) is 12.9. The van der Waals surface area contributed by atoms with Crippen LogP contribution >= 0.6 is 0 Å². The van der Waals surface area contributed by atoms with Crippen LogP contribution in [0.4, 0.5) is 5.69 Å². The van der Waals surface area contributed by atoms with Crippen LogP contribution in [0.15, 0.2) is 24.3 Å². The first-order valence-corrected chi connectivity index (χ1v) is 7.44. The lowest BCUT2D eigenvalue weighted by Crippen LogP contribution is -2.45. The summed E-state index contributed by atoms with van der Waals surface area (Å²) in [5.41, 5.74) is 2.17. The topological polar surface area (TPSA) is 52.7 Å². The van der Waals surface area contributed by atoms with Crippen molar-refractivity contribution in [3.8, 4) is 0 Å². The predicted octanol–water partition coefficient (Wildman–Crippen LogP) is 1.35. The Bertz CT molecular complexity index is 501. The number of nitrogens with zero attached hydrogens (tertiary/aromatic N) is 2. The van der Waals surface area contributed by atoms with Crippen LogP contribution in [-0.2, 0) is 16.0 Å². The molecule has 1 N–H and O–H groups in total. The monoisotopic (exact) mass is 289 g/mol. The summed E-state index contributed by atoms with van der Waals surface area (Å²) in [4.78, 5) is 27.8. The molecule has 2 amide bonds. The van der Waals surface area contributed by atoms with Gasteiger partial charge in [-0.05, 0) is 25.5 Å². The lowest BCUT2D eigenvalue weighted by molar-refractivity contribution is -0.139. The molecule has 0 fully saturated rings. The zero-order chi connectivity index (χ0) is 15.4. The largest absolute Gasteiger partial charge is 0.373 e. The molecule has 5 heteroatoms. The van der Waals surface area contributed by atoms with Crippen LogP contribution < -0.4 is 5.32 Å². The Hall–Kier alpha value is -2.04. The van der Waals surface area contributed by atoms with E-state index in [4.69, 9.17) is 0 Å². The Morgan fingerprint density at radius 1 is 1.24 bits per heavy atom. The summed E-state index contributed by atoms with van der Waals surface area (Å²) < 4.78 is 0. The van der Waals surface area contributed by atoms with Crippen LogP contribution in [0.5, 0.6) is 0 Å². The number of fused-ring (bicyclic) bond motifs is 1. The zero-order valence-corrected chi connectivity index (χ0v) is 12.9. The van der Waals surface area contributed by atoms with Crippen molar-refractivity contribution >= 4 is 17.5 Å². The Kier molecular flexibility index (Phi) is 4.83. The maximum atomic E-state index is 12.4. The smallest absolute Gasteiger partial charge is 0.245 e. The fraction of sp³-hybridized carbons (Fsp3) is 0.500. The highest BCUT2D eigenvalue weighted by Gasteiger charge is 2.29. The molecular formula is C16H23N3O2. The van der Waals surface area contributed by atoms with E-state index in [9.17, 15) is 9.59 Å². The SMILES string of the molecule is CCN(CC)C(=O)CN(C)C(=O)C1Cc2ccccc2N1. The van der Waals surface area contributed by atoms with Crippen molar-refractivity contribution in [2.24, 2.45) is 0 Å². The summed E-state index contributed by atoms with van der Waals surface area (Å²) in [5, 5.41) is 3.23. The second-order valence-corrected chi connectivity index (χ2v) is 5.32. The van der Waals surface area contributed by atoms with Crippen molar-refractivity contribution in [3.05, 3.63) is 29.8 Å². The first-order valence-electron chi connectivity index (χ1n) is 7.44. The van der Waals surface area contributed by atoms with E-state index in [-0.39, 0.29) is 24.4 Å². The van der Waals surface area contributed by atoms with Crippen LogP contribution in [0.3, 0.4) is 0 Å². The van der Waals surface area contributed by atoms with Crippen molar-refractivity contribution in [3.63, 3.8) is 0 Å². The molecule has 5 nitrogen and oxygen atoms in total. The summed E-state index contributed by atoms with van der Waals surface area (Å²) in [7, 11) is 1.69. The van der Waals surface area contributed by atoms with Crippen LogP contribution in [0.1, 0.15) is 19.4 Å². The molecule has 1 atom stereocenters. The van der Waals surface area contributed by atoms with Crippen molar-refractivity contribution in [2.45, 2.75) is 26.3 Å². The predicted molar refractivity (Wildman–Crippen MR) is 83.1 cm³/mol. The number of para-hydroxylation sites is 1. The first-order chi connectivity index (χ1) is 10.1. The molecule has 21 heavy (non-hydrogen) atoms. The van der Waals surface area contributed by atoms with Gasteiger partial charge in [-0.3, -0.25) is 9.59 Å². The minimum absolute atomic E-state index is 0.00800. The Balaban J connectivity index is 1.94. The lowest BCUT2D eigenvalue weighted by atomic mass is 10.1. The molecule has 0 aliphatic carbocycles. The molecular weight excluding hydrogens is 266 g/mol. The number of benzene rings is 1. The summed E-state index contributed by atoms with van der Waals surface area (Å²) in [6.07, 6.45) is 0.679. The molecule has 0 aromatic heterocycles. The van der Waals surface area contributed by atoms with Crippen molar-refractivity contribution in [2.75, 3.05) is 32.0 Å². The molecule has 1 heterocycles. The van der Waals surface area contributed by atoms with Gasteiger partial charge >= 0.3 is 0 Å². The molecule has 0 saturated carbocycles. The molecule has 0 spiro atoms. The number of hydrogen-bond acceptors (Lipinski definition) is 3. The molecule has 114 valence electrons. The highest BCUT2D eigenvalue weighted by atomic mass is 16.2. The molecule has 1 aliphatic heterocycles. The molecule has 1 unspecified atom stereocenters. The van der Waals surface area contributed by atoms with Crippen molar-refractivity contribution in [1.29, 1.82) is 0 Å². The van der Waals surface area contributed by atoms with Crippen molar-refractivity contribution < 1.29 is 9.59 Å². The third-order valence-corrected chi connectivity index (χ3v) is 3.93. The fourth-order valence-corrected chi connectivity index (χ4v) is 2.67. The quantitative estimate of drug-likeness (QED) is 0.890. The standard InChI is InChI=1S/C16H23N3O2/c1-4-19(5-2)15(20)11-18(3)16(21)14-10-12-8-6-7-9-13(12)17-14/h6-9,14,17H,4-5,10-11H2,1-3H3. The van der Waals surface area contributed by atoms with Crippen LogP contribution in [-0.4, -0.2) is 54.3 Å². The number of likely N-dealkylation sites (N-methyl/N-ethyl adjacent to an activating group) is 2. The molecule has 1 aromatic carbocycles. The average Bonchev–Trinajstić information content (AvgIpc) is 2.91. The highest BCUT2D eigenvalue weighted by molar-refractivity contribution is 5.90. The highest BCUT2D eigenvalue weighted by Crippen LogP contribution is 2.25. The third kappa shape index (κ3) is 3.35. The summed E-state index contributed by atoms with van der Waals surface area (Å²) in [5.74, 6) is -0.0435. The number of hydrogen-bond donors (Lipinski definition) is 1. The molecule has 0 radical (unpaired) electrons. The van der Waals surface area contributed by atoms with Gasteiger partial charge in [-0.1, -0.05) is 18.2 Å². The van der Waals surface area contributed by atoms with E-state index in [1.54, 1.807) is 11.9 Å². The van der Waals surface area contributed by atoms with Gasteiger partial charge in [0.1, 0.15) is 6.04 Å². The maximum absolute atomic E-state index is 12.4. The number of anilines is 1. The van der Waals surface area contributed by atoms with Crippen LogP contribution in [0.2, 0.25) is 0 Å². The van der Waals surface area contributed by atoms with E-state index in [1.165, 1.54) is 4.90 Å². The Morgan fingerprint density at radius 2 is 1.90 bits per heavy atom. The van der Waals surface area contributed by atoms with Gasteiger partial charge in [0.25, 0.3) is 0 Å². The Morgan fingerprint density at radius 3 is 2.52 bits per heavy atom. The fourth-order valence-electron chi connectivity index (χ4n) is 2.67. The maximum Gasteiger partial charge on any atom is 0.245 e. The Labute approximate surface area is 125 Å². The van der Waals surface area contributed by atoms with Gasteiger partial charge in [0, 0.05) is 32.2 Å². The number of amides is 2. The van der Waals surface area contributed by atoms with Gasteiger partial charge in [-0.15, -0.1) is 0 Å². The van der Waals surface area contributed by atoms with Gasteiger partial charge in [0.2, 0.25) is 11.8 Å². The average molecular weight is 289 g/mol. The molecule has 0 bridgehead atoms. The number of nitrogens with one attached hydrogen (secondary N) is 1. The second-order valence-electron chi connectivity index (χ2n) is 5.32. The van der Waals surface area contributed by atoms with E-state index in [2.05, 4.69) is 5.32 Å². The third-order valence-electron chi connectivity index (χ3n) is 3.93. The number of rotatable bonds is 5. The van der Waals surface area contributed by atoms with Gasteiger partial charge in [0.05, 0.1) is 6.54 Å². The van der Waals surface area contributed by atoms with Gasteiger partial charge < -0.3 is 15.1 Å². The van der Waals surface area contributed by atoms with E-state index >= 15 is 0 Å². The molecule has 2 rings (SSSR count). The lowest BCUT2D eigenvalue weighted by Gasteiger charge is -2.25. The number of carbonyl (C=O) groups excluding carboxylic acids is 2. The molecule has 0 saturated heterocycles. The van der Waals surface area contributed by atoms with E-state index < -0.39 is 0 Å². The van der Waals surface area contributed by atoms with Gasteiger partial charge in [0.15, 0.2) is 0 Å². The van der Waals surface area contributed by atoms with E-state index in [0.717, 1.165) is 11.3 Å². The minimum Gasteiger partial charge on any atom is -0.373 e. The van der Waals surface area contributed by atoms with Gasteiger partial charge in [-0.2, -0.15) is 0 Å². The van der Waals surface area contributed by atoms with Crippen LogP contribution in [0.25, 0.3) is 0 Å². The molecule has 1 aliphatic rings. The number of carbonyl (C=O) groups is 2. The second kappa shape index (κ2) is 6.61. The van der Waals surface area contributed by atoms with E-state index in [0.29, 0.717) is 19.5 Å². The minimum atomic E-state index is -0.267. The summed E-state index contributed by atoms with van der Waals surface area (Å²) in [6.45, 7) is 5.36. The first kappa shape index (κ1) is 15.4.